The van der Waals surface area contributed by atoms with Gasteiger partial charge in [0.15, 0.2) is 5.78 Å². The fourth-order valence-electron chi connectivity index (χ4n) is 1.22. The van der Waals surface area contributed by atoms with Crippen LogP contribution in [-0.2, 0) is 4.79 Å². The van der Waals surface area contributed by atoms with Crippen LogP contribution in [0.4, 0.5) is 0 Å². The monoisotopic (exact) mass is 181 g/mol. The fourth-order valence-corrected chi connectivity index (χ4v) is 2.06. The predicted molar refractivity (Wildman–Crippen MR) is 49.5 cm³/mol. The predicted octanol–water partition coefficient (Wildman–Crippen LogP) is 2.12. The second-order valence-electron chi connectivity index (χ2n) is 3.63. The molecule has 64 valence electrons. The minimum atomic E-state index is -0.157. The lowest BCUT2D eigenvalue weighted by Gasteiger charge is -2.27. The van der Waals surface area contributed by atoms with Crippen LogP contribution in [0.5, 0.6) is 0 Å². The van der Waals surface area contributed by atoms with Gasteiger partial charge in [-0.25, -0.2) is 0 Å². The van der Waals surface area contributed by atoms with Crippen LogP contribution in [0, 0.1) is 16.1 Å². The summed E-state index contributed by atoms with van der Waals surface area (Å²) in [6.45, 7) is 4.14. The topological polar surface area (TPSA) is 40.9 Å². The third kappa shape index (κ3) is 2.12. The van der Waals surface area contributed by atoms with Crippen LogP contribution in [-0.4, -0.2) is 11.0 Å². The molecule has 0 spiro atoms. The van der Waals surface area contributed by atoms with Crippen molar-refractivity contribution in [2.45, 2.75) is 25.5 Å². The maximum absolute atomic E-state index is 11.2. The minimum Gasteiger partial charge on any atom is -0.294 e. The van der Waals surface area contributed by atoms with Crippen molar-refractivity contribution in [3.8, 4) is 5.40 Å². The van der Waals surface area contributed by atoms with Crippen molar-refractivity contribution in [1.82, 2.24) is 0 Å². The zero-order valence-corrected chi connectivity index (χ0v) is 8.02. The number of nitrogens with zero attached hydrogens (tertiary/aromatic N) is 1. The van der Waals surface area contributed by atoms with Crippen LogP contribution < -0.4 is 0 Å². The molecule has 2 nitrogen and oxygen atoms in total. The van der Waals surface area contributed by atoms with Crippen LogP contribution in [0.3, 0.4) is 0 Å². The molecule has 1 aliphatic carbocycles. The molecule has 0 saturated carbocycles. The van der Waals surface area contributed by atoms with E-state index in [0.717, 1.165) is 18.2 Å². The number of allylic oxidation sites excluding steroid dienone is 2. The molecular formula is C9H11NOS. The molecule has 1 unspecified atom stereocenters. The van der Waals surface area contributed by atoms with Crippen molar-refractivity contribution in [2.75, 3.05) is 0 Å². The number of carbonyl (C=O) groups is 1. The van der Waals surface area contributed by atoms with E-state index in [0.29, 0.717) is 0 Å². The molecule has 0 radical (unpaired) electrons. The van der Waals surface area contributed by atoms with Crippen LogP contribution in [0.25, 0.3) is 0 Å². The second kappa shape index (κ2) is 3.32. The minimum absolute atomic E-state index is 0.0580. The normalized spacial score (nSPS) is 26.8. The van der Waals surface area contributed by atoms with E-state index < -0.39 is 0 Å². The summed E-state index contributed by atoms with van der Waals surface area (Å²) in [7, 11) is 0. The lowest BCUT2D eigenvalue weighted by molar-refractivity contribution is -0.115. The van der Waals surface area contributed by atoms with Gasteiger partial charge in [0, 0.05) is 0 Å². The Labute approximate surface area is 76.6 Å². The van der Waals surface area contributed by atoms with Gasteiger partial charge in [0.05, 0.1) is 5.25 Å². The SMILES string of the molecule is CC1(C)C=CC(=O)C(SC#N)C1. The number of nitriles is 1. The summed E-state index contributed by atoms with van der Waals surface area (Å²) < 4.78 is 0. The van der Waals surface area contributed by atoms with Crippen LogP contribution in [0.15, 0.2) is 12.2 Å². The van der Waals surface area contributed by atoms with Crippen molar-refractivity contribution in [3.05, 3.63) is 12.2 Å². The molecule has 0 aromatic heterocycles. The highest BCUT2D eigenvalue weighted by Gasteiger charge is 2.29. The van der Waals surface area contributed by atoms with Gasteiger partial charge in [-0.1, -0.05) is 19.9 Å². The maximum atomic E-state index is 11.2. The summed E-state index contributed by atoms with van der Waals surface area (Å²) in [6.07, 6.45) is 4.28. The van der Waals surface area contributed by atoms with Crippen molar-refractivity contribution < 1.29 is 4.79 Å². The molecule has 0 fully saturated rings. The molecule has 0 aliphatic heterocycles. The van der Waals surface area contributed by atoms with E-state index in [-0.39, 0.29) is 16.4 Å². The Morgan fingerprint density at radius 3 is 3.00 bits per heavy atom. The number of ketones is 1. The highest BCUT2D eigenvalue weighted by Crippen LogP contribution is 2.33. The zero-order chi connectivity index (χ0) is 9.19. The van der Waals surface area contributed by atoms with Crippen molar-refractivity contribution >= 4 is 17.5 Å². The molecule has 1 atom stereocenters. The zero-order valence-electron chi connectivity index (χ0n) is 7.20. The average molecular weight is 181 g/mol. The van der Waals surface area contributed by atoms with E-state index in [1.54, 1.807) is 6.08 Å². The molecule has 12 heavy (non-hydrogen) atoms. The lowest BCUT2D eigenvalue weighted by atomic mass is 9.82. The van der Waals surface area contributed by atoms with Gasteiger partial charge in [-0.2, -0.15) is 5.26 Å². The average Bonchev–Trinajstić information content (AvgIpc) is 1.97. The van der Waals surface area contributed by atoms with Gasteiger partial charge in [0.1, 0.15) is 5.40 Å². The molecular weight excluding hydrogens is 170 g/mol. The van der Waals surface area contributed by atoms with Gasteiger partial charge in [0.2, 0.25) is 0 Å². The van der Waals surface area contributed by atoms with E-state index in [9.17, 15) is 4.79 Å². The fraction of sp³-hybridized carbons (Fsp3) is 0.556. The quantitative estimate of drug-likeness (QED) is 0.582. The van der Waals surface area contributed by atoms with Crippen molar-refractivity contribution in [1.29, 1.82) is 5.26 Å². The summed E-state index contributed by atoms with van der Waals surface area (Å²) in [5.74, 6) is 0.0703. The molecule has 0 saturated heterocycles. The second-order valence-corrected chi connectivity index (χ2v) is 4.61. The highest BCUT2D eigenvalue weighted by atomic mass is 32.2. The lowest BCUT2D eigenvalue weighted by Crippen LogP contribution is -2.27. The number of thiocyanates is 1. The highest BCUT2D eigenvalue weighted by molar-refractivity contribution is 8.05. The van der Waals surface area contributed by atoms with E-state index in [1.165, 1.54) is 0 Å². The van der Waals surface area contributed by atoms with Gasteiger partial charge in [-0.15, -0.1) is 0 Å². The van der Waals surface area contributed by atoms with Crippen LogP contribution >= 0.6 is 11.8 Å². The number of rotatable bonds is 1. The number of carbonyl (C=O) groups excluding carboxylic acids is 1. The van der Waals surface area contributed by atoms with E-state index in [2.05, 4.69) is 13.8 Å². The van der Waals surface area contributed by atoms with Gasteiger partial charge in [0.25, 0.3) is 0 Å². The Kier molecular flexibility index (Phi) is 2.58. The van der Waals surface area contributed by atoms with Crippen molar-refractivity contribution in [2.24, 2.45) is 5.41 Å². The summed E-state index contributed by atoms with van der Waals surface area (Å²) in [6, 6.07) is 0. The summed E-state index contributed by atoms with van der Waals surface area (Å²) in [5.41, 5.74) is 0.0580. The Balaban J connectivity index is 2.75. The molecule has 1 rings (SSSR count). The third-order valence-electron chi connectivity index (χ3n) is 1.92. The number of hydrogen-bond acceptors (Lipinski definition) is 3. The first kappa shape index (κ1) is 9.34. The van der Waals surface area contributed by atoms with E-state index in [1.807, 2.05) is 11.5 Å². The first-order valence-corrected chi connectivity index (χ1v) is 4.71. The van der Waals surface area contributed by atoms with Gasteiger partial charge in [-0.05, 0) is 29.7 Å². The van der Waals surface area contributed by atoms with Gasteiger partial charge in [-0.3, -0.25) is 4.79 Å². The smallest absolute Gasteiger partial charge is 0.169 e. The van der Waals surface area contributed by atoms with E-state index >= 15 is 0 Å². The Morgan fingerprint density at radius 1 is 1.75 bits per heavy atom. The largest absolute Gasteiger partial charge is 0.294 e. The molecule has 0 heterocycles. The summed E-state index contributed by atoms with van der Waals surface area (Å²) in [4.78, 5) is 11.2. The van der Waals surface area contributed by atoms with Crippen LogP contribution in [0.2, 0.25) is 0 Å². The van der Waals surface area contributed by atoms with Gasteiger partial charge < -0.3 is 0 Å². The maximum Gasteiger partial charge on any atom is 0.169 e. The molecule has 1 aliphatic rings. The first-order valence-electron chi connectivity index (χ1n) is 3.83. The Hall–Kier alpha value is -0.750. The molecule has 0 bridgehead atoms. The first-order chi connectivity index (χ1) is 5.55. The standard InChI is InChI=1S/C9H11NOS/c1-9(2)4-3-7(11)8(5-9)12-6-10/h3-4,8H,5H2,1-2H3. The third-order valence-corrected chi connectivity index (χ3v) is 2.71. The molecule has 0 aromatic carbocycles. The summed E-state index contributed by atoms with van der Waals surface area (Å²) in [5, 5.41) is 10.3. The molecule has 0 amide bonds. The van der Waals surface area contributed by atoms with Gasteiger partial charge >= 0.3 is 0 Å². The molecule has 3 heteroatoms. The molecule has 0 N–H and O–H groups in total. The number of thioether (sulfide) groups is 1. The van der Waals surface area contributed by atoms with Crippen LogP contribution in [0.1, 0.15) is 20.3 Å². The summed E-state index contributed by atoms with van der Waals surface area (Å²) >= 11 is 1.07. The Bertz CT molecular complexity index is 262. The van der Waals surface area contributed by atoms with Crippen molar-refractivity contribution in [3.63, 3.8) is 0 Å². The number of hydrogen-bond donors (Lipinski definition) is 0. The molecule has 0 aromatic rings. The Morgan fingerprint density at radius 2 is 2.42 bits per heavy atom. The van der Waals surface area contributed by atoms with E-state index in [4.69, 9.17) is 5.26 Å².